The van der Waals surface area contributed by atoms with Crippen LogP contribution in [0.2, 0.25) is 0 Å². The third kappa shape index (κ3) is 5.44. The van der Waals surface area contributed by atoms with Crippen molar-refractivity contribution in [2.24, 2.45) is 0 Å². The monoisotopic (exact) mass is 595 g/mol. The van der Waals surface area contributed by atoms with Crippen LogP contribution in [0.4, 0.5) is 5.82 Å². The molecule has 0 unspecified atom stereocenters. The minimum absolute atomic E-state index is 0.0909. The van der Waals surface area contributed by atoms with Crippen molar-refractivity contribution in [3.8, 4) is 22.5 Å². The van der Waals surface area contributed by atoms with Crippen LogP contribution in [-0.4, -0.2) is 39.8 Å². The molecule has 2 atom stereocenters. The van der Waals surface area contributed by atoms with Crippen LogP contribution in [0.5, 0.6) is 0 Å². The SMILES string of the molecule is O=C(O)CO[C@H]1CCC[C@H](Nc2ncnc3oc(-c4ccccc4)c(-c4ccc(/C=C/I)cc4)c23)C1. The molecule has 1 fully saturated rings. The number of fused-ring (bicyclic) bond motifs is 1. The zero-order valence-electron chi connectivity index (χ0n) is 19.6. The highest BCUT2D eigenvalue weighted by Gasteiger charge is 2.27. The first-order valence-corrected chi connectivity index (χ1v) is 13.2. The first kappa shape index (κ1) is 24.5. The van der Waals surface area contributed by atoms with Crippen LogP contribution >= 0.6 is 22.6 Å². The summed E-state index contributed by atoms with van der Waals surface area (Å²) in [5.74, 6) is 0.512. The second-order valence-electron chi connectivity index (χ2n) is 8.82. The molecule has 1 aliphatic carbocycles. The van der Waals surface area contributed by atoms with Crippen molar-refractivity contribution < 1.29 is 19.1 Å². The summed E-state index contributed by atoms with van der Waals surface area (Å²) >= 11 is 2.22. The number of aromatic nitrogens is 2. The van der Waals surface area contributed by atoms with Crippen molar-refractivity contribution in [3.63, 3.8) is 0 Å². The van der Waals surface area contributed by atoms with Gasteiger partial charge in [-0.25, -0.2) is 14.8 Å². The van der Waals surface area contributed by atoms with Crippen LogP contribution in [0.3, 0.4) is 0 Å². The third-order valence-corrected chi connectivity index (χ3v) is 6.75. The number of nitrogens with zero attached hydrogens (tertiary/aromatic N) is 2. The molecule has 0 spiro atoms. The standard InChI is InChI=1S/C28H26IN3O4/c29-14-13-18-9-11-19(12-10-18)24-25-27(32-21-7-4-8-22(15-21)35-16-23(33)34)30-17-31-28(25)36-26(24)20-5-2-1-3-6-20/h1-3,5-6,9-14,17,21-22H,4,7-8,15-16H2,(H,33,34)(H,30,31,32)/b14-13+/t21-,22-/m0/s1. The van der Waals surface area contributed by atoms with Gasteiger partial charge in [0.15, 0.2) is 0 Å². The van der Waals surface area contributed by atoms with Crippen LogP contribution in [0, 0.1) is 0 Å². The fourth-order valence-electron chi connectivity index (χ4n) is 4.75. The highest BCUT2D eigenvalue weighted by molar-refractivity contribution is 14.1. The summed E-state index contributed by atoms with van der Waals surface area (Å²) in [5, 5.41) is 13.4. The molecule has 2 heterocycles. The lowest BCUT2D eigenvalue weighted by molar-refractivity contribution is -0.145. The molecule has 2 aromatic carbocycles. The first-order valence-electron chi connectivity index (χ1n) is 11.9. The number of hydrogen-bond acceptors (Lipinski definition) is 6. The number of carboxylic acids is 1. The maximum absolute atomic E-state index is 10.9. The number of rotatable bonds is 8. The Balaban J connectivity index is 1.55. The van der Waals surface area contributed by atoms with Crippen LogP contribution < -0.4 is 5.32 Å². The normalized spacial score (nSPS) is 18.0. The molecule has 4 aromatic rings. The van der Waals surface area contributed by atoms with Gasteiger partial charge in [0, 0.05) is 17.2 Å². The molecule has 8 heteroatoms. The highest BCUT2D eigenvalue weighted by atomic mass is 127. The van der Waals surface area contributed by atoms with E-state index < -0.39 is 5.97 Å². The fraction of sp³-hybridized carbons (Fsp3) is 0.250. The Hall–Kier alpha value is -3.24. The lowest BCUT2D eigenvalue weighted by atomic mass is 9.92. The maximum atomic E-state index is 10.9. The summed E-state index contributed by atoms with van der Waals surface area (Å²) < 4.78 is 13.9. The number of anilines is 1. The number of carboxylic acid groups (broad SMARTS) is 1. The maximum Gasteiger partial charge on any atom is 0.329 e. The second-order valence-corrected chi connectivity index (χ2v) is 9.54. The van der Waals surface area contributed by atoms with E-state index in [-0.39, 0.29) is 18.8 Å². The minimum atomic E-state index is -0.945. The Morgan fingerprint density at radius 3 is 2.67 bits per heavy atom. The average Bonchev–Trinajstić information content (AvgIpc) is 3.30. The number of furan rings is 1. The number of carbonyl (C=O) groups is 1. The van der Waals surface area contributed by atoms with E-state index in [2.05, 4.69) is 68.2 Å². The highest BCUT2D eigenvalue weighted by Crippen LogP contribution is 2.43. The van der Waals surface area contributed by atoms with Crippen LogP contribution in [0.25, 0.3) is 39.6 Å². The fourth-order valence-corrected chi connectivity index (χ4v) is 5.17. The molecule has 5 rings (SSSR count). The van der Waals surface area contributed by atoms with Gasteiger partial charge in [-0.2, -0.15) is 0 Å². The second kappa shape index (κ2) is 11.2. The Bertz CT molecular complexity index is 1370. The van der Waals surface area contributed by atoms with Gasteiger partial charge >= 0.3 is 5.97 Å². The summed E-state index contributed by atoms with van der Waals surface area (Å²) in [7, 11) is 0. The van der Waals surface area contributed by atoms with Gasteiger partial charge in [-0.05, 0) is 47.0 Å². The summed E-state index contributed by atoms with van der Waals surface area (Å²) in [5.41, 5.74) is 4.56. The van der Waals surface area contributed by atoms with Crippen molar-refractivity contribution in [3.05, 3.63) is 70.6 Å². The predicted octanol–water partition coefficient (Wildman–Crippen LogP) is 6.79. The van der Waals surface area contributed by atoms with Gasteiger partial charge in [-0.1, -0.05) is 77.2 Å². The van der Waals surface area contributed by atoms with Crippen LogP contribution in [0.15, 0.2) is 69.4 Å². The summed E-state index contributed by atoms with van der Waals surface area (Å²) in [6.07, 6.45) is 6.96. The molecule has 184 valence electrons. The van der Waals surface area contributed by atoms with Gasteiger partial charge in [0.2, 0.25) is 5.71 Å². The smallest absolute Gasteiger partial charge is 0.329 e. The molecule has 7 nitrogen and oxygen atoms in total. The summed E-state index contributed by atoms with van der Waals surface area (Å²) in [4.78, 5) is 20.0. The molecule has 2 N–H and O–H groups in total. The van der Waals surface area contributed by atoms with Gasteiger partial charge in [0.1, 0.15) is 24.5 Å². The van der Waals surface area contributed by atoms with Crippen LogP contribution in [0.1, 0.15) is 31.2 Å². The van der Waals surface area contributed by atoms with E-state index in [1.807, 2.05) is 34.4 Å². The largest absolute Gasteiger partial charge is 0.480 e. The molecule has 0 radical (unpaired) electrons. The van der Waals surface area contributed by atoms with E-state index in [0.29, 0.717) is 11.5 Å². The molecule has 2 aromatic heterocycles. The molecule has 1 saturated carbocycles. The summed E-state index contributed by atoms with van der Waals surface area (Å²) in [6, 6.07) is 18.5. The number of ether oxygens (including phenoxy) is 1. The lowest BCUT2D eigenvalue weighted by Crippen LogP contribution is -2.33. The van der Waals surface area contributed by atoms with E-state index in [0.717, 1.165) is 59.1 Å². The predicted molar refractivity (Wildman–Crippen MR) is 149 cm³/mol. The van der Waals surface area contributed by atoms with Crippen molar-refractivity contribution in [2.75, 3.05) is 11.9 Å². The molecular weight excluding hydrogens is 569 g/mol. The number of nitrogens with one attached hydrogen (secondary N) is 1. The van der Waals surface area contributed by atoms with Gasteiger partial charge in [0.05, 0.1) is 11.5 Å². The molecule has 0 saturated heterocycles. The van der Waals surface area contributed by atoms with Gasteiger partial charge in [-0.15, -0.1) is 0 Å². The zero-order valence-corrected chi connectivity index (χ0v) is 21.7. The average molecular weight is 595 g/mol. The Morgan fingerprint density at radius 2 is 1.92 bits per heavy atom. The van der Waals surface area contributed by atoms with Crippen molar-refractivity contribution in [1.82, 2.24) is 9.97 Å². The molecule has 0 amide bonds. The number of hydrogen-bond donors (Lipinski definition) is 2. The van der Waals surface area contributed by atoms with E-state index in [9.17, 15) is 4.79 Å². The lowest BCUT2D eigenvalue weighted by Gasteiger charge is -2.29. The van der Waals surface area contributed by atoms with E-state index in [1.165, 1.54) is 6.33 Å². The van der Waals surface area contributed by atoms with E-state index in [4.69, 9.17) is 14.3 Å². The number of benzene rings is 2. The Labute approximate surface area is 222 Å². The third-order valence-electron chi connectivity index (χ3n) is 6.39. The van der Waals surface area contributed by atoms with Crippen LogP contribution in [-0.2, 0) is 9.53 Å². The topological polar surface area (TPSA) is 97.5 Å². The van der Waals surface area contributed by atoms with Crippen molar-refractivity contribution in [2.45, 2.75) is 37.8 Å². The summed E-state index contributed by atoms with van der Waals surface area (Å²) in [6.45, 7) is -0.274. The van der Waals surface area contributed by atoms with E-state index in [1.54, 1.807) is 0 Å². The Morgan fingerprint density at radius 1 is 1.11 bits per heavy atom. The van der Waals surface area contributed by atoms with Gasteiger partial charge < -0.3 is 19.6 Å². The molecule has 36 heavy (non-hydrogen) atoms. The Kier molecular flexibility index (Phi) is 7.62. The van der Waals surface area contributed by atoms with Crippen molar-refractivity contribution in [1.29, 1.82) is 0 Å². The quantitative estimate of drug-likeness (QED) is 0.217. The number of aliphatic carboxylic acids is 1. The molecule has 0 bridgehead atoms. The van der Waals surface area contributed by atoms with Gasteiger partial charge in [-0.3, -0.25) is 0 Å². The first-order chi connectivity index (χ1) is 17.6. The molecule has 0 aliphatic heterocycles. The minimum Gasteiger partial charge on any atom is -0.480 e. The zero-order chi connectivity index (χ0) is 24.9. The molecular formula is C28H26IN3O4. The molecule has 1 aliphatic rings. The van der Waals surface area contributed by atoms with Gasteiger partial charge in [0.25, 0.3) is 0 Å². The van der Waals surface area contributed by atoms with E-state index >= 15 is 0 Å². The number of halogens is 1. The van der Waals surface area contributed by atoms with Crippen molar-refractivity contribution >= 4 is 51.6 Å².